The van der Waals surface area contributed by atoms with Crippen molar-refractivity contribution in [3.63, 3.8) is 0 Å². The van der Waals surface area contributed by atoms with E-state index in [2.05, 4.69) is 93.3 Å². The molecule has 0 radical (unpaired) electrons. The van der Waals surface area contributed by atoms with Crippen LogP contribution in [-0.2, 0) is 10.2 Å². The molecule has 0 amide bonds. The van der Waals surface area contributed by atoms with Gasteiger partial charge in [-0.15, -0.1) is 0 Å². The van der Waals surface area contributed by atoms with Crippen molar-refractivity contribution in [1.82, 2.24) is 0 Å². The highest BCUT2D eigenvalue weighted by molar-refractivity contribution is 5.87. The lowest BCUT2D eigenvalue weighted by atomic mass is 9.66. The van der Waals surface area contributed by atoms with Crippen molar-refractivity contribution in [2.24, 2.45) is 0 Å². The lowest BCUT2D eigenvalue weighted by Crippen LogP contribution is -2.29. The Morgan fingerprint density at radius 1 is 0.893 bits per heavy atom. The summed E-state index contributed by atoms with van der Waals surface area (Å²) in [4.78, 5) is 0. The van der Waals surface area contributed by atoms with Crippen LogP contribution in [-0.4, -0.2) is 7.11 Å². The van der Waals surface area contributed by atoms with Gasteiger partial charge in [0.2, 0.25) is 0 Å². The minimum absolute atomic E-state index is 0.402. The Morgan fingerprint density at radius 2 is 1.46 bits per heavy atom. The highest BCUT2D eigenvalue weighted by atomic mass is 16.5. The van der Waals surface area contributed by atoms with Crippen molar-refractivity contribution in [3.8, 4) is 11.1 Å². The average molecular weight is 369 g/mol. The number of ether oxygens (including phenoxy) is 1. The van der Waals surface area contributed by atoms with Gasteiger partial charge in [-0.1, -0.05) is 85.5 Å². The second-order valence-electron chi connectivity index (χ2n) is 6.89. The van der Waals surface area contributed by atoms with Crippen LogP contribution in [0.25, 0.3) is 11.1 Å². The zero-order chi connectivity index (χ0) is 20.1. The summed E-state index contributed by atoms with van der Waals surface area (Å²) in [7, 11) is 1.69. The summed E-state index contributed by atoms with van der Waals surface area (Å²) < 4.78 is 5.37. The molecule has 0 heterocycles. The largest absolute Gasteiger partial charge is 0.501 e. The first kappa shape index (κ1) is 19.7. The molecule has 0 unspecified atom stereocenters. The summed E-state index contributed by atoms with van der Waals surface area (Å²) in [6.07, 6.45) is 12.7. The van der Waals surface area contributed by atoms with Gasteiger partial charge in [0, 0.05) is 0 Å². The van der Waals surface area contributed by atoms with Crippen molar-refractivity contribution in [2.45, 2.75) is 26.2 Å². The molecule has 0 aliphatic heterocycles. The molecule has 0 fully saturated rings. The van der Waals surface area contributed by atoms with Gasteiger partial charge < -0.3 is 4.74 Å². The number of hydrogen-bond acceptors (Lipinski definition) is 1. The second-order valence-corrected chi connectivity index (χ2v) is 6.89. The predicted molar refractivity (Wildman–Crippen MR) is 120 cm³/mol. The van der Waals surface area contributed by atoms with E-state index in [1.165, 1.54) is 27.8 Å². The van der Waals surface area contributed by atoms with Gasteiger partial charge in [-0.2, -0.15) is 0 Å². The standard InChI is InChI=1S/C27H28O/c1-6-13-21(7-2)27(22(8-3)19-18-20(4)28-5)25-16-11-9-14-23(25)24-15-10-12-17-26(24)27/h6-19H,3H2,1-2,4-5H3/b13-6-,20-18+,21-7+,22-19+. The van der Waals surface area contributed by atoms with E-state index in [1.807, 2.05) is 19.1 Å². The number of hydrogen-bond donors (Lipinski definition) is 0. The van der Waals surface area contributed by atoms with Crippen LogP contribution < -0.4 is 0 Å². The number of fused-ring (bicyclic) bond motifs is 3. The maximum Gasteiger partial charge on any atom is 0.0924 e. The second kappa shape index (κ2) is 8.31. The van der Waals surface area contributed by atoms with Gasteiger partial charge in [-0.05, 0) is 60.2 Å². The van der Waals surface area contributed by atoms with Crippen molar-refractivity contribution in [3.05, 3.63) is 120 Å². The number of allylic oxidation sites excluding steroid dienone is 9. The normalized spacial score (nSPS) is 16.1. The summed E-state index contributed by atoms with van der Waals surface area (Å²) in [5.41, 5.74) is 7.11. The van der Waals surface area contributed by atoms with E-state index in [1.54, 1.807) is 7.11 Å². The molecule has 0 aromatic heterocycles. The number of rotatable bonds is 6. The van der Waals surface area contributed by atoms with E-state index in [-0.39, 0.29) is 0 Å². The van der Waals surface area contributed by atoms with Crippen LogP contribution in [0.15, 0.2) is 108 Å². The molecule has 1 heteroatoms. The molecule has 0 saturated heterocycles. The first-order chi connectivity index (χ1) is 13.6. The van der Waals surface area contributed by atoms with Gasteiger partial charge in [-0.3, -0.25) is 0 Å². The molecular formula is C27H28O. The Morgan fingerprint density at radius 3 is 1.93 bits per heavy atom. The highest BCUT2D eigenvalue weighted by Crippen LogP contribution is 2.56. The van der Waals surface area contributed by atoms with E-state index < -0.39 is 5.41 Å². The third-order valence-electron chi connectivity index (χ3n) is 5.52. The minimum atomic E-state index is -0.402. The quantitative estimate of drug-likeness (QED) is 0.389. The molecule has 1 nitrogen and oxygen atoms in total. The van der Waals surface area contributed by atoms with E-state index in [0.29, 0.717) is 0 Å². The molecular weight excluding hydrogens is 340 g/mol. The van der Waals surface area contributed by atoms with Gasteiger partial charge in [0.05, 0.1) is 18.3 Å². The van der Waals surface area contributed by atoms with Gasteiger partial charge in [-0.25, -0.2) is 0 Å². The molecule has 142 valence electrons. The molecule has 1 aliphatic carbocycles. The fourth-order valence-corrected chi connectivity index (χ4v) is 4.26. The van der Waals surface area contributed by atoms with Crippen LogP contribution in [0.1, 0.15) is 31.9 Å². The van der Waals surface area contributed by atoms with Crippen molar-refractivity contribution in [2.75, 3.05) is 7.11 Å². The molecule has 0 bridgehead atoms. The molecule has 0 atom stereocenters. The molecule has 3 rings (SSSR count). The third kappa shape index (κ3) is 2.97. The maximum atomic E-state index is 5.37. The maximum absolute atomic E-state index is 5.37. The zero-order valence-corrected chi connectivity index (χ0v) is 17.2. The van der Waals surface area contributed by atoms with E-state index in [0.717, 1.165) is 11.3 Å². The highest BCUT2D eigenvalue weighted by Gasteiger charge is 2.46. The lowest BCUT2D eigenvalue weighted by molar-refractivity contribution is 0.293. The summed E-state index contributed by atoms with van der Waals surface area (Å²) in [6.45, 7) is 10.3. The summed E-state index contributed by atoms with van der Waals surface area (Å²) in [5, 5.41) is 0. The topological polar surface area (TPSA) is 9.23 Å². The molecule has 2 aromatic carbocycles. The van der Waals surface area contributed by atoms with Crippen LogP contribution in [0.2, 0.25) is 0 Å². The van der Waals surface area contributed by atoms with Crippen LogP contribution in [0.3, 0.4) is 0 Å². The van der Waals surface area contributed by atoms with E-state index >= 15 is 0 Å². The van der Waals surface area contributed by atoms with Crippen molar-refractivity contribution >= 4 is 0 Å². The first-order valence-corrected chi connectivity index (χ1v) is 9.69. The molecule has 2 aromatic rings. The fourth-order valence-electron chi connectivity index (χ4n) is 4.26. The monoisotopic (exact) mass is 368 g/mol. The van der Waals surface area contributed by atoms with Crippen molar-refractivity contribution in [1.29, 1.82) is 0 Å². The summed E-state index contributed by atoms with van der Waals surface area (Å²) >= 11 is 0. The Hall–Kier alpha value is -3.06. The van der Waals surface area contributed by atoms with Crippen LogP contribution in [0, 0.1) is 0 Å². The van der Waals surface area contributed by atoms with Gasteiger partial charge >= 0.3 is 0 Å². The summed E-state index contributed by atoms with van der Waals surface area (Å²) in [6, 6.07) is 17.4. The molecule has 0 N–H and O–H groups in total. The fraction of sp³-hybridized carbons (Fsp3) is 0.185. The van der Waals surface area contributed by atoms with Crippen LogP contribution in [0.5, 0.6) is 0 Å². The molecule has 0 saturated carbocycles. The molecule has 1 aliphatic rings. The first-order valence-electron chi connectivity index (χ1n) is 9.69. The van der Waals surface area contributed by atoms with Crippen LogP contribution in [0.4, 0.5) is 0 Å². The predicted octanol–water partition coefficient (Wildman–Crippen LogP) is 7.14. The van der Waals surface area contributed by atoms with E-state index in [9.17, 15) is 0 Å². The third-order valence-corrected chi connectivity index (χ3v) is 5.52. The average Bonchev–Trinajstić information content (AvgIpc) is 3.04. The van der Waals surface area contributed by atoms with Crippen LogP contribution >= 0.6 is 0 Å². The van der Waals surface area contributed by atoms with Crippen molar-refractivity contribution < 1.29 is 4.74 Å². The number of methoxy groups -OCH3 is 1. The Bertz CT molecular complexity index is 953. The Balaban J connectivity index is 2.47. The van der Waals surface area contributed by atoms with E-state index in [4.69, 9.17) is 4.74 Å². The van der Waals surface area contributed by atoms with Gasteiger partial charge in [0.15, 0.2) is 0 Å². The Labute approximate surface area is 169 Å². The SMILES string of the molecule is C=C/C(=C\C=C(/C)OC)C1(C(/C=C\C)=C/C)c2ccccc2-c2ccccc21. The minimum Gasteiger partial charge on any atom is -0.501 e. The number of benzene rings is 2. The lowest BCUT2D eigenvalue weighted by Gasteiger charge is -2.35. The molecule has 0 spiro atoms. The zero-order valence-electron chi connectivity index (χ0n) is 17.2. The smallest absolute Gasteiger partial charge is 0.0924 e. The van der Waals surface area contributed by atoms with Gasteiger partial charge in [0.1, 0.15) is 0 Å². The molecule has 28 heavy (non-hydrogen) atoms. The van der Waals surface area contributed by atoms with Gasteiger partial charge in [0.25, 0.3) is 0 Å². The Kier molecular flexibility index (Phi) is 5.84. The summed E-state index contributed by atoms with van der Waals surface area (Å²) in [5.74, 6) is 0.863.